The molecule has 5 rings (SSSR count). The van der Waals surface area contributed by atoms with Gasteiger partial charge in [0.05, 0.1) is 4.92 Å². The zero-order chi connectivity index (χ0) is 23.8. The van der Waals surface area contributed by atoms with Crippen LogP contribution >= 0.6 is 0 Å². The summed E-state index contributed by atoms with van der Waals surface area (Å²) >= 11 is 0. The van der Waals surface area contributed by atoms with Crippen LogP contribution in [-0.4, -0.2) is 25.5 Å². The van der Waals surface area contributed by atoms with E-state index in [0.29, 0.717) is 18.8 Å². The number of aromatic nitrogens is 2. The van der Waals surface area contributed by atoms with Crippen molar-refractivity contribution in [3.05, 3.63) is 122 Å². The van der Waals surface area contributed by atoms with Crippen LogP contribution in [0.3, 0.4) is 0 Å². The van der Waals surface area contributed by atoms with Gasteiger partial charge in [0, 0.05) is 30.9 Å². The van der Waals surface area contributed by atoms with Crippen molar-refractivity contribution >= 4 is 11.6 Å². The van der Waals surface area contributed by atoms with Crippen LogP contribution in [0.25, 0.3) is 16.8 Å². The molecule has 0 unspecified atom stereocenters. The molecule has 0 spiro atoms. The number of rotatable bonds is 3. The summed E-state index contributed by atoms with van der Waals surface area (Å²) in [4.78, 5) is 39.1. The lowest BCUT2D eigenvalue weighted by Gasteiger charge is -2.21. The molecule has 1 amide bonds. The van der Waals surface area contributed by atoms with Gasteiger partial charge in [0.15, 0.2) is 5.69 Å². The Bertz CT molecular complexity index is 1460. The van der Waals surface area contributed by atoms with Crippen LogP contribution in [0, 0.1) is 17.0 Å². The highest BCUT2D eigenvalue weighted by Crippen LogP contribution is 2.32. The maximum Gasteiger partial charge on any atom is 0.294 e. The average Bonchev–Trinajstić information content (AvgIpc) is 3.01. The maximum atomic E-state index is 13.6. The topological polar surface area (TPSA) is 98.3 Å². The Morgan fingerprint density at radius 1 is 0.912 bits per heavy atom. The van der Waals surface area contributed by atoms with Crippen LogP contribution in [0.5, 0.6) is 0 Å². The second kappa shape index (κ2) is 8.40. The van der Waals surface area contributed by atoms with E-state index in [0.717, 1.165) is 22.3 Å². The fourth-order valence-electron chi connectivity index (χ4n) is 4.34. The molecule has 0 aliphatic carbocycles. The lowest BCUT2D eigenvalue weighted by Crippen LogP contribution is -2.35. The first kappa shape index (κ1) is 21.3. The zero-order valence-electron chi connectivity index (χ0n) is 18.3. The van der Waals surface area contributed by atoms with Gasteiger partial charge in [-0.15, -0.1) is 0 Å². The van der Waals surface area contributed by atoms with Crippen molar-refractivity contribution in [2.45, 2.75) is 20.0 Å². The summed E-state index contributed by atoms with van der Waals surface area (Å²) in [6.45, 7) is 2.24. The van der Waals surface area contributed by atoms with Crippen molar-refractivity contribution < 1.29 is 9.72 Å². The van der Waals surface area contributed by atoms with Gasteiger partial charge < -0.3 is 4.90 Å². The SMILES string of the molecule is Cc1cc(=O)c(C(=O)N2Cc3ccccc3-c3ccccc3C2)nn1-c1ccccc1[N+](=O)[O-]. The van der Waals surface area contributed by atoms with Crippen molar-refractivity contribution in [3.8, 4) is 16.8 Å². The largest absolute Gasteiger partial charge is 0.328 e. The molecule has 4 aromatic rings. The summed E-state index contributed by atoms with van der Waals surface area (Å²) in [5.41, 5.74) is 3.62. The molecule has 1 aliphatic rings. The molecule has 1 aliphatic heterocycles. The number of benzene rings is 3. The summed E-state index contributed by atoms with van der Waals surface area (Å²) < 4.78 is 1.28. The van der Waals surface area contributed by atoms with E-state index in [1.165, 1.54) is 22.9 Å². The molecule has 0 atom stereocenters. The molecule has 0 radical (unpaired) electrons. The molecule has 3 aromatic carbocycles. The summed E-state index contributed by atoms with van der Waals surface area (Å²) in [5, 5.41) is 15.9. The molecule has 8 nitrogen and oxygen atoms in total. The fraction of sp³-hybridized carbons (Fsp3) is 0.115. The van der Waals surface area contributed by atoms with E-state index in [1.807, 2.05) is 48.5 Å². The number of nitro groups is 1. The van der Waals surface area contributed by atoms with E-state index in [4.69, 9.17) is 0 Å². The van der Waals surface area contributed by atoms with Crippen LogP contribution in [0.4, 0.5) is 5.69 Å². The monoisotopic (exact) mass is 452 g/mol. The first-order valence-electron chi connectivity index (χ1n) is 10.7. The Hall–Kier alpha value is -4.59. The maximum absolute atomic E-state index is 13.6. The third kappa shape index (κ3) is 3.65. The number of para-hydroxylation sites is 2. The fourth-order valence-corrected chi connectivity index (χ4v) is 4.34. The molecule has 0 saturated heterocycles. The predicted molar refractivity (Wildman–Crippen MR) is 127 cm³/mol. The lowest BCUT2D eigenvalue weighted by molar-refractivity contribution is -0.384. The summed E-state index contributed by atoms with van der Waals surface area (Å²) in [5.74, 6) is -0.524. The Labute approximate surface area is 194 Å². The number of hydrogen-bond donors (Lipinski definition) is 0. The van der Waals surface area contributed by atoms with Gasteiger partial charge >= 0.3 is 0 Å². The molecule has 1 aromatic heterocycles. The highest BCUT2D eigenvalue weighted by atomic mass is 16.6. The van der Waals surface area contributed by atoms with Crippen molar-refractivity contribution in [1.29, 1.82) is 0 Å². The number of aryl methyl sites for hydroxylation is 1. The van der Waals surface area contributed by atoms with Crippen LogP contribution in [-0.2, 0) is 13.1 Å². The van der Waals surface area contributed by atoms with Gasteiger partial charge in [-0.2, -0.15) is 5.10 Å². The van der Waals surface area contributed by atoms with Crippen LogP contribution in [0.1, 0.15) is 27.3 Å². The molecule has 0 saturated carbocycles. The first-order chi connectivity index (χ1) is 16.4. The second-order valence-corrected chi connectivity index (χ2v) is 8.13. The number of carbonyl (C=O) groups excluding carboxylic acids is 1. The van der Waals surface area contributed by atoms with E-state index < -0.39 is 16.3 Å². The van der Waals surface area contributed by atoms with Crippen molar-refractivity contribution in [2.24, 2.45) is 0 Å². The van der Waals surface area contributed by atoms with E-state index in [2.05, 4.69) is 5.10 Å². The Morgan fingerprint density at radius 2 is 1.47 bits per heavy atom. The second-order valence-electron chi connectivity index (χ2n) is 8.13. The number of nitro benzene ring substituents is 1. The normalized spacial score (nSPS) is 12.4. The number of nitrogens with zero attached hydrogens (tertiary/aromatic N) is 4. The Balaban J connectivity index is 1.61. The summed E-state index contributed by atoms with van der Waals surface area (Å²) in [6.07, 6.45) is 0. The van der Waals surface area contributed by atoms with Gasteiger partial charge in [-0.05, 0) is 35.2 Å². The molecule has 168 valence electrons. The highest BCUT2D eigenvalue weighted by molar-refractivity contribution is 5.92. The van der Waals surface area contributed by atoms with E-state index in [1.54, 1.807) is 24.0 Å². The van der Waals surface area contributed by atoms with Gasteiger partial charge in [0.1, 0.15) is 5.69 Å². The molecular formula is C26H20N4O4. The number of amides is 1. The highest BCUT2D eigenvalue weighted by Gasteiger charge is 2.27. The zero-order valence-corrected chi connectivity index (χ0v) is 18.3. The molecule has 2 heterocycles. The Kier molecular flexibility index (Phi) is 5.25. The van der Waals surface area contributed by atoms with E-state index in [9.17, 15) is 19.7 Å². The lowest BCUT2D eigenvalue weighted by atomic mass is 9.97. The van der Waals surface area contributed by atoms with Crippen molar-refractivity contribution in [1.82, 2.24) is 14.7 Å². The quantitative estimate of drug-likeness (QED) is 0.341. The van der Waals surface area contributed by atoms with Gasteiger partial charge in [-0.1, -0.05) is 60.7 Å². The minimum Gasteiger partial charge on any atom is -0.328 e. The molecule has 8 heteroatoms. The summed E-state index contributed by atoms with van der Waals surface area (Å²) in [6, 6.07) is 23.1. The van der Waals surface area contributed by atoms with Gasteiger partial charge in [0.2, 0.25) is 5.43 Å². The van der Waals surface area contributed by atoms with Crippen molar-refractivity contribution in [2.75, 3.05) is 0 Å². The van der Waals surface area contributed by atoms with E-state index in [-0.39, 0.29) is 17.1 Å². The third-order valence-electron chi connectivity index (χ3n) is 5.95. The molecule has 0 bridgehead atoms. The molecule has 0 N–H and O–H groups in total. The molecule has 0 fully saturated rings. The van der Waals surface area contributed by atoms with Crippen LogP contribution in [0.15, 0.2) is 83.7 Å². The third-order valence-corrected chi connectivity index (χ3v) is 5.95. The first-order valence-corrected chi connectivity index (χ1v) is 10.7. The predicted octanol–water partition coefficient (Wildman–Crippen LogP) is 4.27. The van der Waals surface area contributed by atoms with E-state index >= 15 is 0 Å². The number of hydrogen-bond acceptors (Lipinski definition) is 5. The smallest absolute Gasteiger partial charge is 0.294 e. The number of carbonyl (C=O) groups is 1. The van der Waals surface area contributed by atoms with Gasteiger partial charge in [0.25, 0.3) is 11.6 Å². The molecular weight excluding hydrogens is 432 g/mol. The van der Waals surface area contributed by atoms with Gasteiger partial charge in [-0.25, -0.2) is 4.68 Å². The van der Waals surface area contributed by atoms with Crippen LogP contribution in [0.2, 0.25) is 0 Å². The number of fused-ring (bicyclic) bond motifs is 3. The molecule has 34 heavy (non-hydrogen) atoms. The van der Waals surface area contributed by atoms with Crippen LogP contribution < -0.4 is 5.43 Å². The standard InChI is InChI=1S/C26H20N4O4/c1-17-14-24(31)25(27-29(17)22-12-6-7-13-23(22)30(33)34)26(32)28-15-18-8-2-4-10-20(18)21-11-5-3-9-19(21)16-28/h2-14H,15-16H2,1H3. The minimum absolute atomic E-state index is 0.169. The average molecular weight is 452 g/mol. The Morgan fingerprint density at radius 3 is 2.09 bits per heavy atom. The summed E-state index contributed by atoms with van der Waals surface area (Å²) in [7, 11) is 0. The van der Waals surface area contributed by atoms with Crippen molar-refractivity contribution in [3.63, 3.8) is 0 Å². The van der Waals surface area contributed by atoms with Gasteiger partial charge in [-0.3, -0.25) is 19.7 Å². The minimum atomic E-state index is -0.525.